The topological polar surface area (TPSA) is 318 Å². The van der Waals surface area contributed by atoms with Crippen LogP contribution >= 0.6 is 21.6 Å². The van der Waals surface area contributed by atoms with E-state index in [1.807, 2.05) is 0 Å². The van der Waals surface area contributed by atoms with Crippen molar-refractivity contribution in [3.63, 3.8) is 0 Å². The van der Waals surface area contributed by atoms with Gasteiger partial charge in [0.25, 0.3) is 0 Å². The first-order chi connectivity index (χ1) is 19.3. The summed E-state index contributed by atoms with van der Waals surface area (Å²) in [6.45, 7) is 1.06. The van der Waals surface area contributed by atoms with Crippen LogP contribution in [-0.4, -0.2) is 116 Å². The molecule has 0 saturated heterocycles. The first kappa shape index (κ1) is 38.4. The highest BCUT2D eigenvalue weighted by Gasteiger charge is 2.38. The number of amides is 4. The van der Waals surface area contributed by atoms with Crippen LogP contribution in [0.15, 0.2) is 0 Å². The Hall–Kier alpha value is -3.62. The Morgan fingerprint density at radius 1 is 0.643 bits per heavy atom. The van der Waals surface area contributed by atoms with Crippen LogP contribution in [0.3, 0.4) is 0 Å². The van der Waals surface area contributed by atoms with E-state index in [4.69, 9.17) is 31.9 Å². The molecule has 238 valence electrons. The second kappa shape index (κ2) is 18.0. The summed E-state index contributed by atoms with van der Waals surface area (Å²) in [4.78, 5) is 94.0. The third-order valence-corrected chi connectivity index (χ3v) is 8.18. The number of carboxylic acids is 4. The Morgan fingerprint density at radius 2 is 0.952 bits per heavy atom. The number of rotatable bonds is 21. The van der Waals surface area contributed by atoms with Gasteiger partial charge in [0.2, 0.25) is 23.6 Å². The lowest BCUT2D eigenvalue weighted by Gasteiger charge is -2.31. The molecule has 0 aliphatic heterocycles. The average Bonchev–Trinajstić information content (AvgIpc) is 2.89. The van der Waals surface area contributed by atoms with E-state index in [1.165, 1.54) is 13.8 Å². The van der Waals surface area contributed by atoms with Crippen molar-refractivity contribution < 1.29 is 58.8 Å². The van der Waals surface area contributed by atoms with Crippen molar-refractivity contribution in [2.45, 2.75) is 62.7 Å². The fourth-order valence-electron chi connectivity index (χ4n) is 2.90. The second-order valence-corrected chi connectivity index (χ2v) is 11.9. The molecule has 0 aliphatic rings. The van der Waals surface area contributed by atoms with E-state index in [0.717, 1.165) is 21.6 Å². The number of hydrogen-bond donors (Lipinski definition) is 10. The van der Waals surface area contributed by atoms with E-state index >= 15 is 0 Å². The first-order valence-electron chi connectivity index (χ1n) is 12.2. The van der Waals surface area contributed by atoms with Crippen molar-refractivity contribution in [2.75, 3.05) is 24.6 Å². The number of aliphatic carboxylic acids is 4. The molecule has 0 fully saturated rings. The van der Waals surface area contributed by atoms with Crippen LogP contribution in [0.4, 0.5) is 0 Å². The number of hydrogen-bond acceptors (Lipinski definition) is 12. The van der Waals surface area contributed by atoms with E-state index < -0.39 is 83.8 Å². The third kappa shape index (κ3) is 14.8. The Morgan fingerprint density at radius 3 is 1.21 bits per heavy atom. The zero-order chi connectivity index (χ0) is 32.7. The fraction of sp³-hybridized carbons (Fsp3) is 0.636. The van der Waals surface area contributed by atoms with Crippen LogP contribution in [0.1, 0.15) is 39.5 Å². The molecule has 42 heavy (non-hydrogen) atoms. The highest BCUT2D eigenvalue weighted by Crippen LogP contribution is 2.30. The van der Waals surface area contributed by atoms with Gasteiger partial charge in [-0.25, -0.2) is 0 Å². The molecule has 0 unspecified atom stereocenters. The van der Waals surface area contributed by atoms with Gasteiger partial charge >= 0.3 is 23.9 Å². The highest BCUT2D eigenvalue weighted by atomic mass is 33.1. The third-order valence-electron chi connectivity index (χ3n) is 5.41. The fourth-order valence-corrected chi connectivity index (χ4v) is 5.86. The maximum absolute atomic E-state index is 12.8. The summed E-state index contributed by atoms with van der Waals surface area (Å²) in [6.07, 6.45) is -1.19. The molecule has 0 radical (unpaired) electrons. The van der Waals surface area contributed by atoms with Crippen LogP contribution in [-0.2, 0) is 38.4 Å². The maximum Gasteiger partial charge on any atom is 0.322 e. The van der Waals surface area contributed by atoms with Crippen molar-refractivity contribution in [1.82, 2.24) is 21.3 Å². The lowest BCUT2D eigenvalue weighted by molar-refractivity contribution is -0.140. The lowest BCUT2D eigenvalue weighted by atomic mass is 10.0. The van der Waals surface area contributed by atoms with Gasteiger partial charge in [-0.1, -0.05) is 21.6 Å². The van der Waals surface area contributed by atoms with E-state index in [9.17, 15) is 38.4 Å². The summed E-state index contributed by atoms with van der Waals surface area (Å²) in [5.41, 5.74) is 7.36. The number of carbonyl (C=O) groups excluding carboxylic acids is 4. The molecular formula is C22H36N6O12S2. The van der Waals surface area contributed by atoms with Gasteiger partial charge < -0.3 is 53.2 Å². The van der Waals surface area contributed by atoms with Crippen LogP contribution in [0, 0.1) is 0 Å². The quantitative estimate of drug-likeness (QED) is 0.0439. The molecule has 4 atom stereocenters. The molecule has 0 aromatic rings. The van der Waals surface area contributed by atoms with E-state index in [1.54, 1.807) is 0 Å². The normalized spacial score (nSPS) is 15.0. The summed E-state index contributed by atoms with van der Waals surface area (Å²) in [6, 6.07) is -2.65. The van der Waals surface area contributed by atoms with Crippen molar-refractivity contribution in [2.24, 2.45) is 11.5 Å². The molecule has 4 amide bonds. The van der Waals surface area contributed by atoms with Crippen LogP contribution < -0.4 is 32.7 Å². The molecule has 0 heterocycles. The molecule has 0 aromatic carbocycles. The summed E-state index contributed by atoms with van der Waals surface area (Å²) >= 11 is 0. The molecule has 20 heteroatoms. The second-order valence-electron chi connectivity index (χ2n) is 9.40. The standard InChI is InChI=1S/C22H36N6O12S2/c1-21(19(39)25-7-15(31)32,27-13(29)5-3-11(23)17(35)36)9-41-42-10-22(2,20(40)26-8-16(33)34)28-14(30)6-4-12(24)18(37)38/h11-12H,3-10,23-24H2,1-2H3,(H,25,39)(H,26,40)(H,27,29)(H,28,30)(H,31,32)(H,33,34)(H,35,36)(H,37,38)/t11-,12-,21-,22-/m0/s1. The molecule has 0 spiro atoms. The van der Waals surface area contributed by atoms with Gasteiger partial charge in [-0.05, 0) is 26.7 Å². The van der Waals surface area contributed by atoms with Crippen LogP contribution in [0.25, 0.3) is 0 Å². The average molecular weight is 641 g/mol. The zero-order valence-electron chi connectivity index (χ0n) is 22.8. The number of nitrogens with one attached hydrogen (secondary N) is 4. The Bertz CT molecular complexity index is 967. The number of carbonyl (C=O) groups is 8. The molecular weight excluding hydrogens is 604 g/mol. The van der Waals surface area contributed by atoms with Crippen molar-refractivity contribution >= 4 is 69.1 Å². The largest absolute Gasteiger partial charge is 0.480 e. The maximum atomic E-state index is 12.8. The van der Waals surface area contributed by atoms with Crippen LogP contribution in [0.2, 0.25) is 0 Å². The Labute approximate surface area is 247 Å². The summed E-state index contributed by atoms with van der Waals surface area (Å²) in [5, 5.41) is 44.7. The Balaban J connectivity index is 5.56. The highest BCUT2D eigenvalue weighted by molar-refractivity contribution is 8.76. The van der Waals surface area contributed by atoms with Gasteiger partial charge in [0, 0.05) is 24.3 Å². The molecule has 12 N–H and O–H groups in total. The summed E-state index contributed by atoms with van der Waals surface area (Å²) < 4.78 is 0. The van der Waals surface area contributed by atoms with Gasteiger partial charge in [0.05, 0.1) is 0 Å². The molecule has 18 nitrogen and oxygen atoms in total. The summed E-state index contributed by atoms with van der Waals surface area (Å²) in [7, 11) is 1.88. The van der Waals surface area contributed by atoms with E-state index in [0.29, 0.717) is 0 Å². The minimum Gasteiger partial charge on any atom is -0.480 e. The molecule has 0 aliphatic carbocycles. The number of carboxylic acid groups (broad SMARTS) is 4. The predicted octanol–water partition coefficient (Wildman–Crippen LogP) is -3.10. The predicted molar refractivity (Wildman–Crippen MR) is 149 cm³/mol. The lowest BCUT2D eigenvalue weighted by Crippen LogP contribution is -2.60. The van der Waals surface area contributed by atoms with Gasteiger partial charge in [0.15, 0.2) is 0 Å². The van der Waals surface area contributed by atoms with E-state index in [-0.39, 0.29) is 37.2 Å². The van der Waals surface area contributed by atoms with Gasteiger partial charge in [0.1, 0.15) is 36.3 Å². The van der Waals surface area contributed by atoms with Crippen molar-refractivity contribution in [1.29, 1.82) is 0 Å². The van der Waals surface area contributed by atoms with E-state index in [2.05, 4.69) is 21.3 Å². The SMILES string of the molecule is C[C@@](CSSC[C@](C)(NC(=O)CC[C@H](N)C(=O)O)C(=O)NCC(=O)O)(NC(=O)CC[C@H](N)C(=O)O)C(=O)NCC(=O)O. The molecule has 0 saturated carbocycles. The van der Waals surface area contributed by atoms with Gasteiger partial charge in [-0.15, -0.1) is 0 Å². The molecule has 0 bridgehead atoms. The molecule has 0 aromatic heterocycles. The van der Waals surface area contributed by atoms with Crippen molar-refractivity contribution in [3.05, 3.63) is 0 Å². The van der Waals surface area contributed by atoms with Crippen molar-refractivity contribution in [3.8, 4) is 0 Å². The minimum atomic E-state index is -1.71. The Kier molecular flexibility index (Phi) is 16.5. The minimum absolute atomic E-state index is 0.200. The number of nitrogens with two attached hydrogens (primary N) is 2. The monoisotopic (exact) mass is 640 g/mol. The van der Waals surface area contributed by atoms with Gasteiger partial charge in [-0.3, -0.25) is 38.4 Å². The smallest absolute Gasteiger partial charge is 0.322 e. The van der Waals surface area contributed by atoms with Gasteiger partial charge in [-0.2, -0.15) is 0 Å². The van der Waals surface area contributed by atoms with Crippen LogP contribution in [0.5, 0.6) is 0 Å². The summed E-state index contributed by atoms with van der Waals surface area (Å²) in [5.74, 6) is -9.00. The first-order valence-corrected chi connectivity index (χ1v) is 14.6. The molecule has 0 rings (SSSR count). The zero-order valence-corrected chi connectivity index (χ0v) is 24.5.